The zero-order valence-corrected chi connectivity index (χ0v) is 19.7. The molecule has 2 heterocycles. The molecular weight excluding hydrogens is 446 g/mol. The second-order valence-electron chi connectivity index (χ2n) is 7.38. The average Bonchev–Trinajstić information content (AvgIpc) is 3.25. The minimum absolute atomic E-state index is 0.129. The molecule has 1 aliphatic rings. The largest absolute Gasteiger partial charge is 0.497 e. The summed E-state index contributed by atoms with van der Waals surface area (Å²) in [5.41, 5.74) is 1.68. The van der Waals surface area contributed by atoms with E-state index in [9.17, 15) is 14.4 Å². The molecule has 10 nitrogen and oxygen atoms in total. The van der Waals surface area contributed by atoms with Crippen LogP contribution in [0.25, 0.3) is 0 Å². The molecule has 1 aromatic carbocycles. The molecule has 33 heavy (non-hydrogen) atoms. The van der Waals surface area contributed by atoms with Crippen molar-refractivity contribution in [3.05, 3.63) is 40.9 Å². The molecule has 2 N–H and O–H groups in total. The van der Waals surface area contributed by atoms with Crippen LogP contribution in [-0.4, -0.2) is 79.3 Å². The van der Waals surface area contributed by atoms with Gasteiger partial charge in [-0.3, -0.25) is 10.1 Å². The molecule has 1 fully saturated rings. The van der Waals surface area contributed by atoms with Gasteiger partial charge in [-0.25, -0.2) is 14.6 Å². The van der Waals surface area contributed by atoms with Crippen LogP contribution in [0.1, 0.15) is 18.2 Å². The van der Waals surface area contributed by atoms with Crippen molar-refractivity contribution in [1.29, 1.82) is 0 Å². The molecule has 0 saturated carbocycles. The maximum absolute atomic E-state index is 12.5. The van der Waals surface area contributed by atoms with E-state index in [1.165, 1.54) is 11.3 Å². The Bertz CT molecular complexity index is 958. The first-order valence-corrected chi connectivity index (χ1v) is 11.7. The lowest BCUT2D eigenvalue weighted by molar-refractivity contribution is -0.120. The van der Waals surface area contributed by atoms with Crippen molar-refractivity contribution in [3.63, 3.8) is 0 Å². The number of methoxy groups -OCH3 is 1. The molecule has 178 valence electrons. The molecule has 0 aliphatic carbocycles. The highest BCUT2D eigenvalue weighted by Crippen LogP contribution is 2.17. The van der Waals surface area contributed by atoms with Crippen molar-refractivity contribution >= 4 is 34.5 Å². The number of amides is 4. The molecule has 0 radical (unpaired) electrons. The Morgan fingerprint density at radius 2 is 1.91 bits per heavy atom. The molecule has 3 rings (SSSR count). The zero-order chi connectivity index (χ0) is 23.6. The molecule has 1 aromatic heterocycles. The molecule has 1 saturated heterocycles. The number of carbonyl (C=O) groups is 3. The Balaban J connectivity index is 1.39. The molecule has 0 atom stereocenters. The number of hydrogen-bond acceptors (Lipinski definition) is 7. The summed E-state index contributed by atoms with van der Waals surface area (Å²) in [5, 5.41) is 7.85. The van der Waals surface area contributed by atoms with Crippen molar-refractivity contribution in [1.82, 2.24) is 20.1 Å². The lowest BCUT2D eigenvalue weighted by Gasteiger charge is -2.33. The van der Waals surface area contributed by atoms with Crippen LogP contribution >= 0.6 is 11.3 Å². The standard InChI is InChI=1S/C22H29N5O5S/c1-3-32-22(30)27-11-9-26(10-12-27)21(29)25-20-24-17(15-33-20)14-19(28)23-8-7-16-5-4-6-18(13-16)31-2/h4-6,13,15H,3,7-12,14H2,1-2H3,(H,23,28)(H,24,25,29). The summed E-state index contributed by atoms with van der Waals surface area (Å²) >= 11 is 1.27. The van der Waals surface area contributed by atoms with Crippen LogP contribution < -0.4 is 15.4 Å². The maximum Gasteiger partial charge on any atom is 0.409 e. The lowest BCUT2D eigenvalue weighted by Crippen LogP contribution is -2.51. The Labute approximate surface area is 196 Å². The monoisotopic (exact) mass is 475 g/mol. The number of carbonyl (C=O) groups excluding carboxylic acids is 3. The van der Waals surface area contributed by atoms with E-state index in [4.69, 9.17) is 9.47 Å². The highest BCUT2D eigenvalue weighted by Gasteiger charge is 2.25. The molecule has 2 aromatic rings. The number of benzene rings is 1. The first-order chi connectivity index (χ1) is 16.0. The number of thiazole rings is 1. The summed E-state index contributed by atoms with van der Waals surface area (Å²) in [5.74, 6) is 0.660. The number of hydrogen-bond donors (Lipinski definition) is 2. The number of rotatable bonds is 8. The van der Waals surface area contributed by atoms with E-state index in [0.29, 0.717) is 56.6 Å². The number of urea groups is 1. The van der Waals surface area contributed by atoms with Gasteiger partial charge in [-0.2, -0.15) is 0 Å². The highest BCUT2D eigenvalue weighted by atomic mass is 32.1. The van der Waals surface area contributed by atoms with Crippen LogP contribution in [0, 0.1) is 0 Å². The summed E-state index contributed by atoms with van der Waals surface area (Å²) in [6.07, 6.45) is 0.483. The number of nitrogens with one attached hydrogen (secondary N) is 2. The normalized spacial score (nSPS) is 13.4. The summed E-state index contributed by atoms with van der Waals surface area (Å²) < 4.78 is 10.2. The molecule has 11 heteroatoms. The first kappa shape index (κ1) is 24.3. The van der Waals surface area contributed by atoms with Crippen LogP contribution in [0.4, 0.5) is 14.7 Å². The third-order valence-electron chi connectivity index (χ3n) is 5.07. The number of piperazine rings is 1. The van der Waals surface area contributed by atoms with Crippen LogP contribution in [0.15, 0.2) is 29.6 Å². The van der Waals surface area contributed by atoms with E-state index in [2.05, 4.69) is 15.6 Å². The fourth-order valence-electron chi connectivity index (χ4n) is 3.32. The molecular formula is C22H29N5O5S. The van der Waals surface area contributed by atoms with Crippen LogP contribution in [0.5, 0.6) is 5.75 Å². The van der Waals surface area contributed by atoms with Gasteiger partial charge < -0.3 is 24.6 Å². The number of ether oxygens (including phenoxy) is 2. The van der Waals surface area contributed by atoms with Crippen molar-refractivity contribution in [3.8, 4) is 5.75 Å². The molecule has 1 aliphatic heterocycles. The maximum atomic E-state index is 12.5. The Hall–Kier alpha value is -3.34. The predicted molar refractivity (Wildman–Crippen MR) is 125 cm³/mol. The van der Waals surface area contributed by atoms with Gasteiger partial charge >= 0.3 is 12.1 Å². The molecule has 4 amide bonds. The first-order valence-electron chi connectivity index (χ1n) is 10.8. The number of anilines is 1. The quantitative estimate of drug-likeness (QED) is 0.606. The highest BCUT2D eigenvalue weighted by molar-refractivity contribution is 7.13. The Morgan fingerprint density at radius 1 is 1.15 bits per heavy atom. The predicted octanol–water partition coefficient (Wildman–Crippen LogP) is 2.36. The van der Waals surface area contributed by atoms with Crippen molar-refractivity contribution in [2.75, 3.05) is 51.8 Å². The van der Waals surface area contributed by atoms with Crippen LogP contribution in [0.3, 0.4) is 0 Å². The smallest absolute Gasteiger partial charge is 0.409 e. The van der Waals surface area contributed by atoms with Gasteiger partial charge in [-0.05, 0) is 31.0 Å². The molecule has 0 bridgehead atoms. The summed E-state index contributed by atoms with van der Waals surface area (Å²) in [6, 6.07) is 7.45. The number of nitrogens with zero attached hydrogens (tertiary/aromatic N) is 3. The SMILES string of the molecule is CCOC(=O)N1CCN(C(=O)Nc2nc(CC(=O)NCCc3cccc(OC)c3)cs2)CC1. The molecule has 0 spiro atoms. The van der Waals surface area contributed by atoms with Crippen LogP contribution in [0.2, 0.25) is 0 Å². The topological polar surface area (TPSA) is 113 Å². The van der Waals surface area contributed by atoms with Crippen molar-refractivity contribution in [2.24, 2.45) is 0 Å². The van der Waals surface area contributed by atoms with Gasteiger partial charge in [0, 0.05) is 38.1 Å². The third-order valence-corrected chi connectivity index (χ3v) is 5.88. The van der Waals surface area contributed by atoms with Gasteiger partial charge in [0.1, 0.15) is 5.75 Å². The van der Waals surface area contributed by atoms with E-state index < -0.39 is 0 Å². The third kappa shape index (κ3) is 7.35. The summed E-state index contributed by atoms with van der Waals surface area (Å²) in [6.45, 7) is 4.27. The van der Waals surface area contributed by atoms with Gasteiger partial charge in [0.05, 0.1) is 25.8 Å². The van der Waals surface area contributed by atoms with E-state index >= 15 is 0 Å². The van der Waals surface area contributed by atoms with E-state index in [1.807, 2.05) is 24.3 Å². The van der Waals surface area contributed by atoms with E-state index in [-0.39, 0.29) is 24.5 Å². The second kappa shape index (κ2) is 12.0. The second-order valence-corrected chi connectivity index (χ2v) is 8.23. The minimum atomic E-state index is -0.358. The van der Waals surface area contributed by atoms with Crippen LogP contribution in [-0.2, 0) is 22.4 Å². The fourth-order valence-corrected chi connectivity index (χ4v) is 4.02. The number of aromatic nitrogens is 1. The van der Waals surface area contributed by atoms with E-state index in [0.717, 1.165) is 11.3 Å². The summed E-state index contributed by atoms with van der Waals surface area (Å²) in [7, 11) is 1.62. The van der Waals surface area contributed by atoms with Gasteiger partial charge in [-0.15, -0.1) is 11.3 Å². The van der Waals surface area contributed by atoms with Crippen molar-refractivity contribution in [2.45, 2.75) is 19.8 Å². The summed E-state index contributed by atoms with van der Waals surface area (Å²) in [4.78, 5) is 44.0. The van der Waals surface area contributed by atoms with Crippen molar-refractivity contribution < 1.29 is 23.9 Å². The van der Waals surface area contributed by atoms with Gasteiger partial charge in [-0.1, -0.05) is 12.1 Å². The average molecular weight is 476 g/mol. The zero-order valence-electron chi connectivity index (χ0n) is 18.8. The lowest BCUT2D eigenvalue weighted by atomic mass is 10.1. The van der Waals surface area contributed by atoms with Gasteiger partial charge in [0.25, 0.3) is 0 Å². The molecule has 0 unspecified atom stereocenters. The Kier molecular flexibility index (Phi) is 8.87. The van der Waals surface area contributed by atoms with Gasteiger partial charge in [0.15, 0.2) is 5.13 Å². The minimum Gasteiger partial charge on any atom is -0.497 e. The Morgan fingerprint density at radius 3 is 2.64 bits per heavy atom. The fraction of sp³-hybridized carbons (Fsp3) is 0.455. The van der Waals surface area contributed by atoms with E-state index in [1.54, 1.807) is 29.2 Å². The van der Waals surface area contributed by atoms with Gasteiger partial charge in [0.2, 0.25) is 5.91 Å².